The molecule has 6 nitrogen and oxygen atoms in total. The molecule has 0 amide bonds. The zero-order valence-corrected chi connectivity index (χ0v) is 14.1. The molecule has 0 saturated heterocycles. The van der Waals surface area contributed by atoms with Gasteiger partial charge < -0.3 is 10.2 Å². The second-order valence-electron chi connectivity index (χ2n) is 6.42. The minimum absolute atomic E-state index is 0.118. The van der Waals surface area contributed by atoms with Crippen LogP contribution < -0.4 is 5.32 Å². The Morgan fingerprint density at radius 2 is 1.70 bits per heavy atom. The van der Waals surface area contributed by atoms with E-state index in [2.05, 4.69) is 20.6 Å². The number of alkyl halides is 3. The molecule has 2 aromatic heterocycles. The molecule has 2 aromatic rings. The Balaban J connectivity index is 2.47. The monoisotopic (exact) mass is 330 g/mol. The minimum Gasteiger partial charge on any atom is -0.367 e. The fourth-order valence-corrected chi connectivity index (χ4v) is 1.93. The van der Waals surface area contributed by atoms with E-state index in [9.17, 15) is 13.2 Å². The predicted octanol–water partition coefficient (Wildman–Crippen LogP) is 2.51. The van der Waals surface area contributed by atoms with Gasteiger partial charge in [-0.15, -0.1) is 15.3 Å². The van der Waals surface area contributed by atoms with Crippen molar-refractivity contribution < 1.29 is 13.2 Å². The Bertz CT molecular complexity index is 717. The van der Waals surface area contributed by atoms with Crippen molar-refractivity contribution in [1.82, 2.24) is 24.7 Å². The molecule has 1 N–H and O–H groups in total. The van der Waals surface area contributed by atoms with Crippen LogP contribution in [0.1, 0.15) is 30.8 Å². The molecule has 2 heterocycles. The van der Waals surface area contributed by atoms with Gasteiger partial charge in [-0.1, -0.05) is 0 Å². The molecule has 0 unspecified atom stereocenters. The molecule has 0 atom stereocenters. The number of nitrogens with one attached hydrogen (secondary N) is 1. The topological polar surface area (TPSA) is 58.4 Å². The number of hydrogen-bond acceptors (Lipinski definition) is 5. The van der Waals surface area contributed by atoms with E-state index in [-0.39, 0.29) is 11.2 Å². The molecule has 0 spiro atoms. The van der Waals surface area contributed by atoms with Gasteiger partial charge >= 0.3 is 6.18 Å². The van der Waals surface area contributed by atoms with E-state index < -0.39 is 12.0 Å². The van der Waals surface area contributed by atoms with Crippen LogP contribution in [0.5, 0.6) is 0 Å². The SMILES string of the molecule is Cc1c(NCC(C)(C)N(C)C)nn2c(C(F)(F)F)nnc2c1C. The molecule has 0 aliphatic carbocycles. The first-order chi connectivity index (χ1) is 10.4. The zero-order chi connectivity index (χ0) is 17.6. The summed E-state index contributed by atoms with van der Waals surface area (Å²) in [5, 5.41) is 14.1. The smallest absolute Gasteiger partial charge is 0.367 e. The van der Waals surface area contributed by atoms with Crippen molar-refractivity contribution >= 4 is 11.5 Å². The van der Waals surface area contributed by atoms with E-state index in [0.717, 1.165) is 10.1 Å². The van der Waals surface area contributed by atoms with E-state index in [1.807, 2.05) is 32.8 Å². The maximum Gasteiger partial charge on any atom is 0.453 e. The van der Waals surface area contributed by atoms with Gasteiger partial charge in [-0.25, -0.2) is 0 Å². The van der Waals surface area contributed by atoms with Crippen LogP contribution in [0.3, 0.4) is 0 Å². The number of fused-ring (bicyclic) bond motifs is 1. The average Bonchev–Trinajstić information content (AvgIpc) is 2.85. The van der Waals surface area contributed by atoms with Crippen molar-refractivity contribution in [1.29, 1.82) is 0 Å². The first kappa shape index (κ1) is 17.5. The lowest BCUT2D eigenvalue weighted by Gasteiger charge is -2.33. The van der Waals surface area contributed by atoms with Gasteiger partial charge in [-0.2, -0.15) is 17.7 Å². The van der Waals surface area contributed by atoms with Crippen LogP contribution in [0, 0.1) is 13.8 Å². The summed E-state index contributed by atoms with van der Waals surface area (Å²) in [7, 11) is 3.88. The largest absolute Gasteiger partial charge is 0.453 e. The summed E-state index contributed by atoms with van der Waals surface area (Å²) in [6.45, 7) is 8.10. The highest BCUT2D eigenvalue weighted by atomic mass is 19.4. The van der Waals surface area contributed by atoms with Crippen molar-refractivity contribution in [2.24, 2.45) is 0 Å². The number of hydrogen-bond donors (Lipinski definition) is 1. The third-order valence-corrected chi connectivity index (χ3v) is 4.25. The number of aryl methyl sites for hydroxylation is 1. The first-order valence-electron chi connectivity index (χ1n) is 7.16. The first-order valence-corrected chi connectivity index (χ1v) is 7.16. The van der Waals surface area contributed by atoms with Crippen LogP contribution in [-0.4, -0.2) is 50.9 Å². The van der Waals surface area contributed by atoms with Crippen molar-refractivity contribution in [3.63, 3.8) is 0 Å². The highest BCUT2D eigenvalue weighted by Gasteiger charge is 2.38. The van der Waals surface area contributed by atoms with Gasteiger partial charge in [0.15, 0.2) is 5.65 Å². The van der Waals surface area contributed by atoms with Crippen molar-refractivity contribution in [3.8, 4) is 0 Å². The summed E-state index contributed by atoms with van der Waals surface area (Å²) < 4.78 is 39.8. The van der Waals surface area contributed by atoms with Crippen molar-refractivity contribution in [2.45, 2.75) is 39.4 Å². The molecule has 0 bridgehead atoms. The normalized spacial score (nSPS) is 13.1. The summed E-state index contributed by atoms with van der Waals surface area (Å²) in [5.41, 5.74) is 1.31. The third-order valence-electron chi connectivity index (χ3n) is 4.25. The highest BCUT2D eigenvalue weighted by molar-refractivity contribution is 5.58. The second-order valence-corrected chi connectivity index (χ2v) is 6.42. The lowest BCUT2D eigenvalue weighted by atomic mass is 10.0. The summed E-state index contributed by atoms with van der Waals surface area (Å²) >= 11 is 0. The summed E-state index contributed by atoms with van der Waals surface area (Å²) in [6.07, 6.45) is -4.60. The molecule has 0 saturated carbocycles. The van der Waals surface area contributed by atoms with Gasteiger partial charge in [-0.3, -0.25) is 0 Å². The quantitative estimate of drug-likeness (QED) is 0.933. The van der Waals surface area contributed by atoms with Gasteiger partial charge in [0, 0.05) is 17.6 Å². The van der Waals surface area contributed by atoms with E-state index in [1.165, 1.54) is 0 Å². The molecule has 0 aliphatic rings. The zero-order valence-electron chi connectivity index (χ0n) is 14.1. The molecule has 128 valence electrons. The van der Waals surface area contributed by atoms with Gasteiger partial charge in [0.05, 0.1) is 0 Å². The highest BCUT2D eigenvalue weighted by Crippen LogP contribution is 2.29. The maximum atomic E-state index is 13.0. The molecule has 0 aromatic carbocycles. The van der Waals surface area contributed by atoms with Crippen LogP contribution in [0.25, 0.3) is 5.65 Å². The minimum atomic E-state index is -4.60. The Hall–Kier alpha value is -1.90. The lowest BCUT2D eigenvalue weighted by molar-refractivity contribution is -0.146. The van der Waals surface area contributed by atoms with Gasteiger partial charge in [0.25, 0.3) is 5.82 Å². The van der Waals surface area contributed by atoms with Crippen LogP contribution in [0.2, 0.25) is 0 Å². The number of anilines is 1. The molecule has 0 fully saturated rings. The molecular weight excluding hydrogens is 309 g/mol. The number of rotatable bonds is 4. The van der Waals surface area contributed by atoms with Gasteiger partial charge in [0.2, 0.25) is 0 Å². The van der Waals surface area contributed by atoms with Crippen LogP contribution in [-0.2, 0) is 6.18 Å². The lowest BCUT2D eigenvalue weighted by Crippen LogP contribution is -2.44. The molecule has 9 heteroatoms. The molecule has 0 radical (unpaired) electrons. The number of aromatic nitrogens is 4. The van der Waals surface area contributed by atoms with Crippen LogP contribution in [0.4, 0.5) is 19.0 Å². The maximum absolute atomic E-state index is 13.0. The second kappa shape index (κ2) is 5.63. The summed E-state index contributed by atoms with van der Waals surface area (Å²) in [4.78, 5) is 2.03. The number of halogens is 3. The van der Waals surface area contributed by atoms with Crippen molar-refractivity contribution in [3.05, 3.63) is 17.0 Å². The number of likely N-dealkylation sites (N-methyl/N-ethyl adjacent to an activating group) is 1. The predicted molar refractivity (Wildman–Crippen MR) is 81.5 cm³/mol. The molecule has 0 aliphatic heterocycles. The molecule has 2 rings (SSSR count). The Kier molecular flexibility index (Phi) is 4.27. The Morgan fingerprint density at radius 1 is 1.09 bits per heavy atom. The van der Waals surface area contributed by atoms with Gasteiger partial charge in [-0.05, 0) is 47.4 Å². The van der Waals surface area contributed by atoms with E-state index >= 15 is 0 Å². The van der Waals surface area contributed by atoms with E-state index in [1.54, 1.807) is 13.8 Å². The van der Waals surface area contributed by atoms with Crippen LogP contribution >= 0.6 is 0 Å². The fourth-order valence-electron chi connectivity index (χ4n) is 1.93. The fraction of sp³-hybridized carbons (Fsp3) is 0.643. The van der Waals surface area contributed by atoms with E-state index in [4.69, 9.17) is 0 Å². The average molecular weight is 330 g/mol. The Labute approximate surface area is 132 Å². The Morgan fingerprint density at radius 3 is 2.22 bits per heavy atom. The van der Waals surface area contributed by atoms with Gasteiger partial charge in [0.1, 0.15) is 5.82 Å². The number of nitrogens with zero attached hydrogens (tertiary/aromatic N) is 5. The van der Waals surface area contributed by atoms with Crippen molar-refractivity contribution in [2.75, 3.05) is 26.0 Å². The third kappa shape index (κ3) is 3.24. The summed E-state index contributed by atoms with van der Waals surface area (Å²) in [6, 6.07) is 0. The standard InChI is InChI=1S/C14H21F3N6/c1-8-9(2)11-19-20-12(14(15,16)17)23(11)21-10(8)18-7-13(3,4)22(5)6/h7H2,1-6H3,(H,18,21). The summed E-state index contributed by atoms with van der Waals surface area (Å²) in [5.74, 6) is -0.722. The molecular formula is C14H21F3N6. The molecule has 23 heavy (non-hydrogen) atoms. The van der Waals surface area contributed by atoms with Crippen LogP contribution in [0.15, 0.2) is 0 Å². The van der Waals surface area contributed by atoms with E-state index in [0.29, 0.717) is 17.9 Å².